The van der Waals surface area contributed by atoms with Crippen molar-refractivity contribution in [3.8, 4) is 0 Å². The first kappa shape index (κ1) is 13.1. The standard InChI is InChI=1S/C12H19N3O2S/c1-3-8-4-6-15(7-5-8)11-9(12(16)17-2)10(13)14-18-11/h8H,3-7H2,1-2H3,(H2,13,14). The van der Waals surface area contributed by atoms with Gasteiger partial charge in [0.1, 0.15) is 10.6 Å². The van der Waals surface area contributed by atoms with E-state index in [-0.39, 0.29) is 5.82 Å². The van der Waals surface area contributed by atoms with E-state index in [4.69, 9.17) is 10.5 Å². The van der Waals surface area contributed by atoms with E-state index in [0.717, 1.165) is 36.9 Å². The van der Waals surface area contributed by atoms with Gasteiger partial charge in [0.05, 0.1) is 7.11 Å². The second-order valence-electron chi connectivity index (χ2n) is 4.58. The van der Waals surface area contributed by atoms with Gasteiger partial charge in [0, 0.05) is 13.1 Å². The maximum Gasteiger partial charge on any atom is 0.344 e. The number of esters is 1. The van der Waals surface area contributed by atoms with Gasteiger partial charge in [0.2, 0.25) is 0 Å². The molecule has 2 N–H and O–H groups in total. The lowest BCUT2D eigenvalue weighted by Gasteiger charge is -2.32. The lowest BCUT2D eigenvalue weighted by atomic mass is 9.94. The number of anilines is 2. The van der Waals surface area contributed by atoms with Gasteiger partial charge in [-0.05, 0) is 30.3 Å². The highest BCUT2D eigenvalue weighted by molar-refractivity contribution is 7.11. The van der Waals surface area contributed by atoms with E-state index in [1.807, 2.05) is 0 Å². The predicted octanol–water partition coefficient (Wildman–Crippen LogP) is 2.14. The summed E-state index contributed by atoms with van der Waals surface area (Å²) in [6.07, 6.45) is 3.55. The van der Waals surface area contributed by atoms with E-state index in [2.05, 4.69) is 16.2 Å². The van der Waals surface area contributed by atoms with E-state index >= 15 is 0 Å². The number of rotatable bonds is 3. The molecule has 1 saturated heterocycles. The van der Waals surface area contributed by atoms with Crippen LogP contribution in [0.4, 0.5) is 10.8 Å². The minimum atomic E-state index is -0.395. The number of ether oxygens (including phenoxy) is 1. The Kier molecular flexibility index (Phi) is 4.06. The number of piperidine rings is 1. The molecule has 1 fully saturated rings. The van der Waals surface area contributed by atoms with E-state index in [1.54, 1.807) is 0 Å². The van der Waals surface area contributed by atoms with Crippen LogP contribution < -0.4 is 10.6 Å². The molecule has 0 amide bonds. The zero-order chi connectivity index (χ0) is 13.1. The summed E-state index contributed by atoms with van der Waals surface area (Å²) in [4.78, 5) is 13.9. The Bertz CT molecular complexity index is 425. The summed E-state index contributed by atoms with van der Waals surface area (Å²) in [6.45, 7) is 4.15. The highest BCUT2D eigenvalue weighted by Crippen LogP contribution is 2.34. The van der Waals surface area contributed by atoms with Gasteiger partial charge in [-0.3, -0.25) is 0 Å². The van der Waals surface area contributed by atoms with Gasteiger partial charge in [-0.2, -0.15) is 4.37 Å². The Balaban J connectivity index is 2.17. The third kappa shape index (κ3) is 2.43. The minimum absolute atomic E-state index is 0.277. The second kappa shape index (κ2) is 5.56. The Labute approximate surface area is 111 Å². The molecule has 1 aliphatic rings. The van der Waals surface area contributed by atoms with Gasteiger partial charge < -0.3 is 15.4 Å². The summed E-state index contributed by atoms with van der Waals surface area (Å²) >= 11 is 1.29. The molecule has 0 saturated carbocycles. The molecule has 18 heavy (non-hydrogen) atoms. The number of hydrogen-bond acceptors (Lipinski definition) is 6. The van der Waals surface area contributed by atoms with Crippen LogP contribution in [0.2, 0.25) is 0 Å². The Morgan fingerprint density at radius 3 is 2.78 bits per heavy atom. The molecule has 6 heteroatoms. The highest BCUT2D eigenvalue weighted by Gasteiger charge is 2.26. The number of carbonyl (C=O) groups is 1. The summed E-state index contributed by atoms with van der Waals surface area (Å²) in [7, 11) is 1.37. The minimum Gasteiger partial charge on any atom is -0.465 e. The van der Waals surface area contributed by atoms with Crippen LogP contribution in [-0.2, 0) is 4.74 Å². The molecule has 100 valence electrons. The van der Waals surface area contributed by atoms with Crippen LogP contribution in [-0.4, -0.2) is 30.5 Å². The molecule has 5 nitrogen and oxygen atoms in total. The maximum atomic E-state index is 11.7. The lowest BCUT2D eigenvalue weighted by Crippen LogP contribution is -2.33. The SMILES string of the molecule is CCC1CCN(c2snc(N)c2C(=O)OC)CC1. The highest BCUT2D eigenvalue weighted by atomic mass is 32.1. The van der Waals surface area contributed by atoms with Crippen LogP contribution in [0.3, 0.4) is 0 Å². The number of nitrogens with zero attached hydrogens (tertiary/aromatic N) is 2. The average Bonchev–Trinajstić information content (AvgIpc) is 2.80. The second-order valence-corrected chi connectivity index (χ2v) is 5.33. The molecule has 0 unspecified atom stereocenters. The van der Waals surface area contributed by atoms with Gasteiger partial charge in [0.15, 0.2) is 5.82 Å². The molecule has 2 rings (SSSR count). The zero-order valence-electron chi connectivity index (χ0n) is 10.8. The molecule has 0 atom stereocenters. The van der Waals surface area contributed by atoms with E-state index in [0.29, 0.717) is 5.56 Å². The van der Waals surface area contributed by atoms with Crippen molar-refractivity contribution in [1.82, 2.24) is 4.37 Å². The van der Waals surface area contributed by atoms with Gasteiger partial charge >= 0.3 is 5.97 Å². The molecule has 0 radical (unpaired) electrons. The average molecular weight is 269 g/mol. The smallest absolute Gasteiger partial charge is 0.344 e. The summed E-state index contributed by atoms with van der Waals surface area (Å²) in [5.41, 5.74) is 6.18. The van der Waals surface area contributed by atoms with Crippen LogP contribution in [0.25, 0.3) is 0 Å². The molecule has 0 bridgehead atoms. The Morgan fingerprint density at radius 2 is 2.22 bits per heavy atom. The Hall–Kier alpha value is -1.30. The molecule has 0 aromatic carbocycles. The first-order valence-corrected chi connectivity index (χ1v) is 7.03. The third-order valence-electron chi connectivity index (χ3n) is 3.57. The van der Waals surface area contributed by atoms with Crippen molar-refractivity contribution in [3.05, 3.63) is 5.56 Å². The fourth-order valence-corrected chi connectivity index (χ4v) is 3.20. The molecule has 1 aromatic heterocycles. The molecule has 1 aromatic rings. The van der Waals surface area contributed by atoms with Crippen LogP contribution in [0.1, 0.15) is 36.5 Å². The molecule has 2 heterocycles. The first-order valence-electron chi connectivity index (χ1n) is 6.25. The normalized spacial score (nSPS) is 16.9. The summed E-state index contributed by atoms with van der Waals surface area (Å²) in [5, 5.41) is 0.855. The number of nitrogens with two attached hydrogens (primary N) is 1. The predicted molar refractivity (Wildman–Crippen MR) is 73.1 cm³/mol. The number of nitrogen functional groups attached to an aromatic ring is 1. The monoisotopic (exact) mass is 269 g/mol. The summed E-state index contributed by atoms with van der Waals surface area (Å²) in [6, 6.07) is 0. The molecular formula is C12H19N3O2S. The van der Waals surface area contributed by atoms with Crippen molar-refractivity contribution in [3.63, 3.8) is 0 Å². The van der Waals surface area contributed by atoms with Crippen LogP contribution in [0.5, 0.6) is 0 Å². The van der Waals surface area contributed by atoms with Gasteiger partial charge in [-0.15, -0.1) is 0 Å². The van der Waals surface area contributed by atoms with Crippen LogP contribution in [0, 0.1) is 5.92 Å². The van der Waals surface area contributed by atoms with E-state index in [1.165, 1.54) is 25.1 Å². The van der Waals surface area contributed by atoms with Crippen molar-refractivity contribution in [2.24, 2.45) is 5.92 Å². The quantitative estimate of drug-likeness (QED) is 0.851. The first-order chi connectivity index (χ1) is 8.67. The fourth-order valence-electron chi connectivity index (χ4n) is 2.35. The van der Waals surface area contributed by atoms with Crippen molar-refractivity contribution in [1.29, 1.82) is 0 Å². The molecule has 0 spiro atoms. The van der Waals surface area contributed by atoms with Crippen LogP contribution >= 0.6 is 11.5 Å². The van der Waals surface area contributed by atoms with Crippen molar-refractivity contribution < 1.29 is 9.53 Å². The number of hydrogen-bond donors (Lipinski definition) is 1. The largest absolute Gasteiger partial charge is 0.465 e. The van der Waals surface area contributed by atoms with Gasteiger partial charge in [-0.1, -0.05) is 13.3 Å². The third-order valence-corrected chi connectivity index (χ3v) is 4.49. The van der Waals surface area contributed by atoms with Crippen molar-refractivity contribution >= 4 is 28.3 Å². The fraction of sp³-hybridized carbons (Fsp3) is 0.667. The number of methoxy groups -OCH3 is 1. The van der Waals surface area contributed by atoms with Crippen molar-refractivity contribution in [2.75, 3.05) is 30.8 Å². The van der Waals surface area contributed by atoms with Gasteiger partial charge in [0.25, 0.3) is 0 Å². The lowest BCUT2D eigenvalue weighted by molar-refractivity contribution is 0.0603. The number of carbonyl (C=O) groups excluding carboxylic acids is 1. The molecule has 0 aliphatic carbocycles. The van der Waals surface area contributed by atoms with Crippen LogP contribution in [0.15, 0.2) is 0 Å². The van der Waals surface area contributed by atoms with E-state index < -0.39 is 5.97 Å². The zero-order valence-corrected chi connectivity index (χ0v) is 11.6. The molecular weight excluding hydrogens is 250 g/mol. The molecule has 1 aliphatic heterocycles. The van der Waals surface area contributed by atoms with Crippen molar-refractivity contribution in [2.45, 2.75) is 26.2 Å². The Morgan fingerprint density at radius 1 is 1.56 bits per heavy atom. The van der Waals surface area contributed by atoms with Gasteiger partial charge in [-0.25, -0.2) is 4.79 Å². The summed E-state index contributed by atoms with van der Waals surface area (Å²) in [5.74, 6) is 0.682. The summed E-state index contributed by atoms with van der Waals surface area (Å²) < 4.78 is 8.85. The maximum absolute atomic E-state index is 11.7. The number of aromatic nitrogens is 1. The topological polar surface area (TPSA) is 68.5 Å². The van der Waals surface area contributed by atoms with E-state index in [9.17, 15) is 4.79 Å².